The SMILES string of the molecule is Cc1cccc(N2CCN(c3ccncc3N)CC2)c1C. The molecule has 0 atom stereocenters. The fourth-order valence-corrected chi connectivity index (χ4v) is 2.95. The predicted octanol–water partition coefficient (Wildman–Crippen LogP) is 2.61. The third-order valence-corrected chi connectivity index (χ3v) is 4.36. The molecule has 4 nitrogen and oxygen atoms in total. The van der Waals surface area contributed by atoms with Gasteiger partial charge < -0.3 is 15.5 Å². The van der Waals surface area contributed by atoms with Crippen molar-refractivity contribution >= 4 is 17.1 Å². The van der Waals surface area contributed by atoms with Crippen LogP contribution in [0.25, 0.3) is 0 Å². The molecular formula is C17H22N4. The van der Waals surface area contributed by atoms with Crippen LogP contribution < -0.4 is 15.5 Å². The van der Waals surface area contributed by atoms with Crippen LogP contribution in [0.15, 0.2) is 36.7 Å². The molecule has 2 heterocycles. The fourth-order valence-electron chi connectivity index (χ4n) is 2.95. The molecule has 3 rings (SSSR count). The van der Waals surface area contributed by atoms with Crippen LogP contribution in [0.1, 0.15) is 11.1 Å². The lowest BCUT2D eigenvalue weighted by Crippen LogP contribution is -2.47. The molecule has 1 aromatic carbocycles. The number of rotatable bonds is 2. The number of nitrogens with two attached hydrogens (primary N) is 1. The lowest BCUT2D eigenvalue weighted by molar-refractivity contribution is 0.652. The third-order valence-electron chi connectivity index (χ3n) is 4.36. The van der Waals surface area contributed by atoms with E-state index in [2.05, 4.69) is 46.8 Å². The van der Waals surface area contributed by atoms with Gasteiger partial charge in [-0.1, -0.05) is 12.1 Å². The average Bonchev–Trinajstić information content (AvgIpc) is 2.51. The molecule has 1 aromatic heterocycles. The number of pyridine rings is 1. The third kappa shape index (κ3) is 2.66. The van der Waals surface area contributed by atoms with Gasteiger partial charge in [-0.3, -0.25) is 4.98 Å². The Balaban J connectivity index is 1.74. The van der Waals surface area contributed by atoms with E-state index in [1.54, 1.807) is 6.20 Å². The van der Waals surface area contributed by atoms with Gasteiger partial charge in [-0.2, -0.15) is 0 Å². The second kappa shape index (κ2) is 5.64. The van der Waals surface area contributed by atoms with Gasteiger partial charge in [0.25, 0.3) is 0 Å². The fraction of sp³-hybridized carbons (Fsp3) is 0.353. The number of nitrogens with zero attached hydrogens (tertiary/aromatic N) is 3. The number of aromatic nitrogens is 1. The first-order valence-corrected chi connectivity index (χ1v) is 7.42. The summed E-state index contributed by atoms with van der Waals surface area (Å²) in [4.78, 5) is 8.88. The molecule has 110 valence electrons. The zero-order valence-corrected chi connectivity index (χ0v) is 12.7. The van der Waals surface area contributed by atoms with E-state index in [0.29, 0.717) is 0 Å². The van der Waals surface area contributed by atoms with E-state index in [1.165, 1.54) is 16.8 Å². The molecule has 4 heteroatoms. The molecule has 1 saturated heterocycles. The van der Waals surface area contributed by atoms with Gasteiger partial charge in [0.1, 0.15) is 0 Å². The molecule has 1 aliphatic heterocycles. The highest BCUT2D eigenvalue weighted by Crippen LogP contribution is 2.27. The summed E-state index contributed by atoms with van der Waals surface area (Å²) in [7, 11) is 0. The van der Waals surface area contributed by atoms with Crippen molar-refractivity contribution in [2.75, 3.05) is 41.7 Å². The van der Waals surface area contributed by atoms with E-state index in [1.807, 2.05) is 12.3 Å². The van der Waals surface area contributed by atoms with Crippen molar-refractivity contribution in [2.24, 2.45) is 0 Å². The molecule has 0 aliphatic carbocycles. The minimum Gasteiger partial charge on any atom is -0.396 e. The molecule has 2 aromatic rings. The summed E-state index contributed by atoms with van der Waals surface area (Å²) in [5.41, 5.74) is 12.0. The Bertz CT molecular complexity index is 630. The predicted molar refractivity (Wildman–Crippen MR) is 89.0 cm³/mol. The number of aryl methyl sites for hydroxylation is 1. The highest BCUT2D eigenvalue weighted by molar-refractivity contribution is 5.67. The second-order valence-electron chi connectivity index (χ2n) is 5.63. The van der Waals surface area contributed by atoms with E-state index < -0.39 is 0 Å². The maximum atomic E-state index is 6.02. The number of hydrogen-bond acceptors (Lipinski definition) is 4. The molecule has 0 saturated carbocycles. The maximum Gasteiger partial charge on any atom is 0.0738 e. The molecule has 0 radical (unpaired) electrons. The van der Waals surface area contributed by atoms with Crippen LogP contribution in [0.5, 0.6) is 0 Å². The zero-order valence-electron chi connectivity index (χ0n) is 12.7. The molecule has 1 fully saturated rings. The summed E-state index contributed by atoms with van der Waals surface area (Å²) in [6, 6.07) is 8.54. The van der Waals surface area contributed by atoms with E-state index in [0.717, 1.165) is 37.6 Å². The van der Waals surface area contributed by atoms with Crippen LogP contribution in [0.3, 0.4) is 0 Å². The molecule has 0 unspecified atom stereocenters. The van der Waals surface area contributed by atoms with Gasteiger partial charge in [0.05, 0.1) is 17.6 Å². The van der Waals surface area contributed by atoms with E-state index in [9.17, 15) is 0 Å². The maximum absolute atomic E-state index is 6.02. The van der Waals surface area contributed by atoms with Gasteiger partial charge in [-0.15, -0.1) is 0 Å². The van der Waals surface area contributed by atoms with Crippen molar-refractivity contribution < 1.29 is 0 Å². The first-order chi connectivity index (χ1) is 10.2. The average molecular weight is 282 g/mol. The number of anilines is 3. The summed E-state index contributed by atoms with van der Waals surface area (Å²) in [5, 5.41) is 0. The van der Waals surface area contributed by atoms with Crippen LogP contribution in [0.2, 0.25) is 0 Å². The van der Waals surface area contributed by atoms with Gasteiger partial charge in [0.2, 0.25) is 0 Å². The number of hydrogen-bond donors (Lipinski definition) is 1. The minimum absolute atomic E-state index is 0.762. The standard InChI is InChI=1S/C17H22N4/c1-13-4-3-5-16(14(13)2)20-8-10-21(11-9-20)17-6-7-19-12-15(17)18/h3-7,12H,8-11,18H2,1-2H3. The van der Waals surface area contributed by atoms with Gasteiger partial charge in [-0.25, -0.2) is 0 Å². The number of benzene rings is 1. The molecule has 21 heavy (non-hydrogen) atoms. The Hall–Kier alpha value is -2.23. The second-order valence-corrected chi connectivity index (χ2v) is 5.63. The van der Waals surface area contributed by atoms with Crippen LogP contribution in [0, 0.1) is 13.8 Å². The monoisotopic (exact) mass is 282 g/mol. The van der Waals surface area contributed by atoms with Crippen molar-refractivity contribution in [2.45, 2.75) is 13.8 Å². The highest BCUT2D eigenvalue weighted by Gasteiger charge is 2.20. The largest absolute Gasteiger partial charge is 0.396 e. The Morgan fingerprint density at radius 3 is 2.29 bits per heavy atom. The van der Waals surface area contributed by atoms with Crippen molar-refractivity contribution in [1.29, 1.82) is 0 Å². The molecule has 2 N–H and O–H groups in total. The van der Waals surface area contributed by atoms with Crippen molar-refractivity contribution in [3.05, 3.63) is 47.8 Å². The highest BCUT2D eigenvalue weighted by atomic mass is 15.3. The first kappa shape index (κ1) is 13.7. The van der Waals surface area contributed by atoms with Gasteiger partial charge in [-0.05, 0) is 37.1 Å². The Kier molecular flexibility index (Phi) is 3.69. The Labute approximate surface area is 126 Å². The minimum atomic E-state index is 0.762. The molecule has 0 bridgehead atoms. The molecule has 1 aliphatic rings. The summed E-state index contributed by atoms with van der Waals surface area (Å²) in [6.45, 7) is 8.39. The van der Waals surface area contributed by atoms with Gasteiger partial charge >= 0.3 is 0 Å². The summed E-state index contributed by atoms with van der Waals surface area (Å²) in [5.74, 6) is 0. The van der Waals surface area contributed by atoms with Crippen molar-refractivity contribution in [1.82, 2.24) is 4.98 Å². The van der Waals surface area contributed by atoms with E-state index in [-0.39, 0.29) is 0 Å². The van der Waals surface area contributed by atoms with Gasteiger partial charge in [0.15, 0.2) is 0 Å². The lowest BCUT2D eigenvalue weighted by atomic mass is 10.1. The van der Waals surface area contributed by atoms with Crippen molar-refractivity contribution in [3.63, 3.8) is 0 Å². The Morgan fingerprint density at radius 1 is 0.952 bits per heavy atom. The lowest BCUT2D eigenvalue weighted by Gasteiger charge is -2.38. The number of piperazine rings is 1. The number of nitrogen functional groups attached to an aromatic ring is 1. The molecule has 0 amide bonds. The quantitative estimate of drug-likeness (QED) is 0.919. The van der Waals surface area contributed by atoms with Crippen LogP contribution in [0.4, 0.5) is 17.1 Å². The summed E-state index contributed by atoms with van der Waals surface area (Å²) in [6.07, 6.45) is 3.54. The summed E-state index contributed by atoms with van der Waals surface area (Å²) < 4.78 is 0. The van der Waals surface area contributed by atoms with Crippen LogP contribution >= 0.6 is 0 Å². The van der Waals surface area contributed by atoms with E-state index in [4.69, 9.17) is 5.73 Å². The van der Waals surface area contributed by atoms with Gasteiger partial charge in [0, 0.05) is 38.1 Å². The van der Waals surface area contributed by atoms with Crippen LogP contribution in [-0.4, -0.2) is 31.2 Å². The normalized spacial score (nSPS) is 15.3. The summed E-state index contributed by atoms with van der Waals surface area (Å²) >= 11 is 0. The zero-order chi connectivity index (χ0) is 14.8. The van der Waals surface area contributed by atoms with Crippen LogP contribution in [-0.2, 0) is 0 Å². The Morgan fingerprint density at radius 2 is 1.62 bits per heavy atom. The molecule has 0 spiro atoms. The van der Waals surface area contributed by atoms with Crippen molar-refractivity contribution in [3.8, 4) is 0 Å². The smallest absolute Gasteiger partial charge is 0.0738 e. The topological polar surface area (TPSA) is 45.4 Å². The van der Waals surface area contributed by atoms with E-state index >= 15 is 0 Å². The first-order valence-electron chi connectivity index (χ1n) is 7.42. The molecular weight excluding hydrogens is 260 g/mol.